The second-order valence-corrected chi connectivity index (χ2v) is 18.8. The second kappa shape index (κ2) is 11.4. The molecule has 0 radical (unpaired) electrons. The molecule has 3 aromatic carbocycles. The van der Waals surface area contributed by atoms with Crippen molar-refractivity contribution in [2.45, 2.75) is 25.7 Å². The predicted octanol–water partition coefficient (Wildman–Crippen LogP) is 9.86. The molecule has 7 aliphatic heterocycles. The average molecular weight is 617 g/mol. The van der Waals surface area contributed by atoms with Crippen LogP contribution in [-0.4, -0.2) is 23.0 Å². The fourth-order valence-corrected chi connectivity index (χ4v) is 17.0. The minimum Gasteiger partial charge on any atom is -0.117 e. The Morgan fingerprint density at radius 2 is 0.639 bits per heavy atom. The third-order valence-electron chi connectivity index (χ3n) is 6.42. The molecule has 10 rings (SSSR count). The molecule has 0 aliphatic carbocycles. The zero-order valence-corrected chi connectivity index (χ0v) is 26.1. The van der Waals surface area contributed by atoms with Gasteiger partial charge in [-0.1, -0.05) is 95.6 Å². The van der Waals surface area contributed by atoms with Crippen molar-refractivity contribution in [3.63, 3.8) is 0 Å². The molecular weight excluding hydrogens is 593 g/mol. The van der Waals surface area contributed by atoms with E-state index in [9.17, 15) is 0 Å². The van der Waals surface area contributed by atoms with Crippen molar-refractivity contribution in [2.24, 2.45) is 0 Å². The van der Waals surface area contributed by atoms with E-state index >= 15 is 0 Å². The molecule has 7 aliphatic rings. The highest BCUT2D eigenvalue weighted by Gasteiger charge is 2.27. The van der Waals surface area contributed by atoms with E-state index in [-0.39, 0.29) is 0 Å². The van der Waals surface area contributed by atoms with Crippen molar-refractivity contribution in [1.29, 1.82) is 0 Å². The Labute approximate surface area is 246 Å². The Morgan fingerprint density at radius 3 is 0.917 bits per heavy atom. The Balaban J connectivity index is 1.59. The molecule has 0 atom stereocenters. The molecule has 184 valence electrons. The second-order valence-electron chi connectivity index (χ2n) is 8.78. The standard InChI is InChI=1S/C28H24S8/c1-2-10-18-17(9-1)21-19-11-3-4-12-20(19)22(18)24-35-27-28(36-24)32-16-8-6-14-30-26-25(33-23(21)34-26)29-13-5-7-15-31-27/h1-4,9-12H,5-8,13-16H2. The Kier molecular flexibility index (Phi) is 7.95. The SMILES string of the molecule is c1ccc2c3c4ccccc4c(c2c1)=C1SC2=C(SCCCCSC4=C(SCCCCS2)SC=3S4)S1. The zero-order valence-electron chi connectivity index (χ0n) is 19.5. The van der Waals surface area contributed by atoms with Crippen LogP contribution >= 0.6 is 94.1 Å². The Morgan fingerprint density at radius 1 is 0.361 bits per heavy atom. The summed E-state index contributed by atoms with van der Waals surface area (Å²) in [4.78, 5) is 0. The molecule has 0 unspecified atom stereocenters. The maximum Gasteiger partial charge on any atom is 0.0660 e. The minimum atomic E-state index is 1.22. The van der Waals surface area contributed by atoms with Gasteiger partial charge in [0, 0.05) is 10.4 Å². The van der Waals surface area contributed by atoms with E-state index in [2.05, 4.69) is 95.6 Å². The van der Waals surface area contributed by atoms with Crippen LogP contribution in [0.3, 0.4) is 0 Å². The molecule has 8 heteroatoms. The molecule has 0 spiro atoms. The molecule has 0 fully saturated rings. The molecular formula is C28H24S8. The lowest BCUT2D eigenvalue weighted by atomic mass is 9.99. The van der Waals surface area contributed by atoms with E-state index in [0.29, 0.717) is 0 Å². The molecule has 0 N–H and O–H groups in total. The van der Waals surface area contributed by atoms with Gasteiger partial charge in [-0.3, -0.25) is 0 Å². The lowest BCUT2D eigenvalue weighted by molar-refractivity contribution is 0.909. The Hall–Kier alpha value is 0.200. The molecule has 36 heavy (non-hydrogen) atoms. The summed E-state index contributed by atoms with van der Waals surface area (Å²) in [5, 5.41) is 8.50. The fourth-order valence-electron chi connectivity index (χ4n) is 4.74. The van der Waals surface area contributed by atoms with Gasteiger partial charge in [0.2, 0.25) is 0 Å². The molecule has 0 saturated heterocycles. The van der Waals surface area contributed by atoms with Crippen LogP contribution < -0.4 is 10.4 Å². The average Bonchev–Trinajstić information content (AvgIpc) is 3.49. The fraction of sp³-hybridized carbons (Fsp3) is 0.286. The smallest absolute Gasteiger partial charge is 0.0660 e. The molecule has 0 amide bonds. The van der Waals surface area contributed by atoms with Crippen LogP contribution in [0.4, 0.5) is 0 Å². The molecule has 0 nitrogen and oxygen atoms in total. The van der Waals surface area contributed by atoms with Gasteiger partial charge in [-0.2, -0.15) is 0 Å². The molecule has 0 saturated carbocycles. The summed E-state index contributed by atoms with van der Waals surface area (Å²) >= 11 is 16.6. The number of hydrogen-bond acceptors (Lipinski definition) is 8. The summed E-state index contributed by atoms with van der Waals surface area (Å²) in [7, 11) is 0. The van der Waals surface area contributed by atoms with E-state index in [0.717, 1.165) is 0 Å². The van der Waals surface area contributed by atoms with Crippen LogP contribution in [0.25, 0.3) is 30.0 Å². The van der Waals surface area contributed by atoms with Gasteiger partial charge in [-0.15, -0.1) is 47.0 Å². The summed E-state index contributed by atoms with van der Waals surface area (Å²) in [6.45, 7) is 0. The predicted molar refractivity (Wildman–Crippen MR) is 180 cm³/mol. The van der Waals surface area contributed by atoms with Crippen molar-refractivity contribution in [3.8, 4) is 0 Å². The van der Waals surface area contributed by atoms with Crippen molar-refractivity contribution in [1.82, 2.24) is 0 Å². The van der Waals surface area contributed by atoms with Crippen LogP contribution in [0.5, 0.6) is 0 Å². The van der Waals surface area contributed by atoms with Gasteiger partial charge < -0.3 is 0 Å². The first kappa shape index (κ1) is 25.2. The summed E-state index contributed by atoms with van der Waals surface area (Å²) in [5.41, 5.74) is 0. The van der Waals surface area contributed by atoms with Gasteiger partial charge in [-0.25, -0.2) is 0 Å². The number of benzene rings is 3. The van der Waals surface area contributed by atoms with Crippen molar-refractivity contribution >= 4 is 124 Å². The molecule has 7 heterocycles. The molecule has 3 aromatic rings. The van der Waals surface area contributed by atoms with E-state index in [1.54, 1.807) is 16.9 Å². The van der Waals surface area contributed by atoms with Crippen LogP contribution in [0.15, 0.2) is 65.5 Å². The van der Waals surface area contributed by atoms with Gasteiger partial charge in [-0.05, 0) is 70.2 Å². The summed E-state index contributed by atoms with van der Waals surface area (Å²) in [5.74, 6) is 4.89. The summed E-state index contributed by atoms with van der Waals surface area (Å²) in [6, 6.07) is 18.4. The highest BCUT2D eigenvalue weighted by atomic mass is 32.3. The quantitative estimate of drug-likeness (QED) is 0.226. The minimum absolute atomic E-state index is 1.22. The number of rotatable bonds is 0. The van der Waals surface area contributed by atoms with Gasteiger partial charge in [0.25, 0.3) is 0 Å². The third-order valence-corrected chi connectivity index (χ3v) is 17.8. The summed E-state index contributed by atoms with van der Waals surface area (Å²) < 4.78 is 9.13. The van der Waals surface area contributed by atoms with E-state index in [1.165, 1.54) is 89.2 Å². The maximum absolute atomic E-state index is 2.36. The molecule has 0 aromatic heterocycles. The van der Waals surface area contributed by atoms with Gasteiger partial charge in [0.1, 0.15) is 0 Å². The highest BCUT2D eigenvalue weighted by Crippen LogP contribution is 2.60. The van der Waals surface area contributed by atoms with Crippen molar-refractivity contribution in [2.75, 3.05) is 23.0 Å². The van der Waals surface area contributed by atoms with Crippen LogP contribution in [0, 0.1) is 0 Å². The van der Waals surface area contributed by atoms with Crippen LogP contribution in [-0.2, 0) is 0 Å². The number of thioether (sulfide) groups is 8. The Bertz CT molecular complexity index is 1330. The van der Waals surface area contributed by atoms with Gasteiger partial charge >= 0.3 is 0 Å². The lowest BCUT2D eigenvalue weighted by Crippen LogP contribution is -2.16. The van der Waals surface area contributed by atoms with Crippen molar-refractivity contribution in [3.05, 3.63) is 75.9 Å². The van der Waals surface area contributed by atoms with E-state index in [1.807, 2.05) is 47.0 Å². The highest BCUT2D eigenvalue weighted by molar-refractivity contribution is 8.46. The van der Waals surface area contributed by atoms with Crippen molar-refractivity contribution < 1.29 is 0 Å². The van der Waals surface area contributed by atoms with E-state index < -0.39 is 0 Å². The van der Waals surface area contributed by atoms with Crippen LogP contribution in [0.2, 0.25) is 0 Å². The topological polar surface area (TPSA) is 0 Å². The number of hydrogen-bond donors (Lipinski definition) is 0. The van der Waals surface area contributed by atoms with E-state index in [4.69, 9.17) is 0 Å². The van der Waals surface area contributed by atoms with Gasteiger partial charge in [0.15, 0.2) is 0 Å². The van der Waals surface area contributed by atoms with Gasteiger partial charge in [0.05, 0.1) is 25.4 Å². The van der Waals surface area contributed by atoms with Crippen LogP contribution in [0.1, 0.15) is 25.7 Å². The first-order valence-electron chi connectivity index (χ1n) is 12.3. The maximum atomic E-state index is 2.36. The third kappa shape index (κ3) is 4.85. The lowest BCUT2D eigenvalue weighted by Gasteiger charge is -2.11. The monoisotopic (exact) mass is 616 g/mol. The largest absolute Gasteiger partial charge is 0.117 e. The summed E-state index contributed by atoms with van der Waals surface area (Å²) in [6.07, 6.45) is 5.18. The normalized spacial score (nSPS) is 21.4. The first-order chi connectivity index (χ1) is 17.9. The molecule has 8 bridgehead atoms. The zero-order chi connectivity index (χ0) is 23.9. The first-order valence-corrected chi connectivity index (χ1v) is 19.5.